The van der Waals surface area contributed by atoms with Crippen molar-refractivity contribution in [3.63, 3.8) is 0 Å². The van der Waals surface area contributed by atoms with Crippen molar-refractivity contribution in [3.05, 3.63) is 0 Å². The van der Waals surface area contributed by atoms with E-state index in [0.717, 1.165) is 12.3 Å². The largest absolute Gasteiger partial charge is 0.468 e. The van der Waals surface area contributed by atoms with E-state index < -0.39 is 0 Å². The third-order valence-electron chi connectivity index (χ3n) is 3.64. The van der Waals surface area contributed by atoms with E-state index in [1.54, 1.807) is 0 Å². The number of hydrogen-bond donors (Lipinski definition) is 0. The lowest BCUT2D eigenvalue weighted by atomic mass is 9.92. The molecular weight excluding hydrogens is 224 g/mol. The highest BCUT2D eigenvalue weighted by atomic mass is 16.5. The summed E-state index contributed by atoms with van der Waals surface area (Å²) in [5.74, 6) is 0.763. The first-order valence-electron chi connectivity index (χ1n) is 7.90. The Hall–Kier alpha value is -0.530. The Balaban J connectivity index is 3.65. The molecule has 18 heavy (non-hydrogen) atoms. The minimum absolute atomic E-state index is 0.575. The van der Waals surface area contributed by atoms with E-state index >= 15 is 0 Å². The van der Waals surface area contributed by atoms with Gasteiger partial charge < -0.3 is 4.74 Å². The van der Waals surface area contributed by atoms with Crippen LogP contribution in [0.1, 0.15) is 84.5 Å². The second kappa shape index (κ2) is 14.5. The standard InChI is InChI=1S/C16H32O2/c1-3-5-7-9-11-16(13-14-18-15-17)12-10-8-6-4-2/h15-16H,3-14H2,1-2H3. The van der Waals surface area contributed by atoms with Crippen LogP contribution < -0.4 is 0 Å². The highest BCUT2D eigenvalue weighted by molar-refractivity contribution is 5.36. The minimum atomic E-state index is 0.575. The van der Waals surface area contributed by atoms with Gasteiger partial charge in [0.25, 0.3) is 6.47 Å². The summed E-state index contributed by atoms with van der Waals surface area (Å²) in [4.78, 5) is 10.2. The van der Waals surface area contributed by atoms with Crippen LogP contribution in [-0.2, 0) is 9.53 Å². The maximum absolute atomic E-state index is 10.2. The number of carbonyl (C=O) groups excluding carboxylic acids is 1. The van der Waals surface area contributed by atoms with Crippen molar-refractivity contribution in [2.24, 2.45) is 5.92 Å². The average molecular weight is 256 g/mol. The van der Waals surface area contributed by atoms with Gasteiger partial charge in [-0.1, -0.05) is 78.1 Å². The lowest BCUT2D eigenvalue weighted by Gasteiger charge is -2.16. The molecule has 0 aromatic heterocycles. The maximum Gasteiger partial charge on any atom is 0.293 e. The minimum Gasteiger partial charge on any atom is -0.468 e. The van der Waals surface area contributed by atoms with Gasteiger partial charge in [0.2, 0.25) is 0 Å². The van der Waals surface area contributed by atoms with E-state index in [0.29, 0.717) is 13.1 Å². The summed E-state index contributed by atoms with van der Waals surface area (Å²) in [7, 11) is 0. The molecule has 2 heteroatoms. The van der Waals surface area contributed by atoms with Crippen LogP contribution in [0.4, 0.5) is 0 Å². The summed E-state index contributed by atoms with van der Waals surface area (Å²) in [6.45, 7) is 5.68. The first-order valence-corrected chi connectivity index (χ1v) is 7.90. The van der Waals surface area contributed by atoms with Crippen molar-refractivity contribution in [1.82, 2.24) is 0 Å². The predicted octanol–water partition coefficient (Wildman–Crippen LogP) is 5.11. The zero-order valence-corrected chi connectivity index (χ0v) is 12.5. The lowest BCUT2D eigenvalue weighted by Crippen LogP contribution is -2.05. The van der Waals surface area contributed by atoms with Crippen molar-refractivity contribution in [3.8, 4) is 0 Å². The van der Waals surface area contributed by atoms with Gasteiger partial charge in [-0.05, 0) is 12.3 Å². The molecule has 0 spiro atoms. The van der Waals surface area contributed by atoms with Crippen LogP contribution in [-0.4, -0.2) is 13.1 Å². The van der Waals surface area contributed by atoms with Crippen molar-refractivity contribution < 1.29 is 9.53 Å². The third kappa shape index (κ3) is 11.9. The van der Waals surface area contributed by atoms with Crippen LogP contribution in [0.25, 0.3) is 0 Å². The monoisotopic (exact) mass is 256 g/mol. The Labute approximate surface area is 113 Å². The molecule has 108 valence electrons. The highest BCUT2D eigenvalue weighted by Crippen LogP contribution is 2.21. The van der Waals surface area contributed by atoms with Crippen molar-refractivity contribution in [1.29, 1.82) is 0 Å². The summed E-state index contributed by atoms with van der Waals surface area (Å²) >= 11 is 0. The van der Waals surface area contributed by atoms with E-state index in [-0.39, 0.29) is 0 Å². The Morgan fingerprint density at radius 2 is 1.39 bits per heavy atom. The molecule has 0 atom stereocenters. The number of unbranched alkanes of at least 4 members (excludes halogenated alkanes) is 6. The first kappa shape index (κ1) is 17.5. The van der Waals surface area contributed by atoms with E-state index in [1.165, 1.54) is 64.2 Å². The fourth-order valence-electron chi connectivity index (χ4n) is 2.44. The van der Waals surface area contributed by atoms with Crippen LogP contribution in [0.15, 0.2) is 0 Å². The van der Waals surface area contributed by atoms with E-state index in [4.69, 9.17) is 4.74 Å². The van der Waals surface area contributed by atoms with Gasteiger partial charge in [-0.2, -0.15) is 0 Å². The van der Waals surface area contributed by atoms with Gasteiger partial charge in [0.05, 0.1) is 6.61 Å². The highest BCUT2D eigenvalue weighted by Gasteiger charge is 2.08. The maximum atomic E-state index is 10.2. The summed E-state index contributed by atoms with van der Waals surface area (Å²) in [6.07, 6.45) is 14.4. The number of carbonyl (C=O) groups is 1. The Bertz CT molecular complexity index is 156. The molecule has 0 aliphatic rings. The smallest absolute Gasteiger partial charge is 0.293 e. The molecule has 0 radical (unpaired) electrons. The second-order valence-corrected chi connectivity index (χ2v) is 5.32. The summed E-state index contributed by atoms with van der Waals surface area (Å²) in [6, 6.07) is 0. The van der Waals surface area contributed by atoms with Crippen molar-refractivity contribution in [2.45, 2.75) is 84.5 Å². The van der Waals surface area contributed by atoms with Crippen LogP contribution in [0.5, 0.6) is 0 Å². The van der Waals surface area contributed by atoms with E-state index in [2.05, 4.69) is 13.8 Å². The molecule has 0 bridgehead atoms. The Kier molecular flexibility index (Phi) is 14.1. The molecular formula is C16H32O2. The zero-order chi connectivity index (χ0) is 13.5. The molecule has 0 rings (SSSR count). The van der Waals surface area contributed by atoms with Crippen molar-refractivity contribution >= 4 is 6.47 Å². The van der Waals surface area contributed by atoms with Gasteiger partial charge >= 0.3 is 0 Å². The topological polar surface area (TPSA) is 26.3 Å². The normalized spacial score (nSPS) is 10.8. The molecule has 0 unspecified atom stereocenters. The quantitative estimate of drug-likeness (QED) is 0.319. The Morgan fingerprint density at radius 3 is 1.83 bits per heavy atom. The van der Waals surface area contributed by atoms with Crippen LogP contribution in [0.2, 0.25) is 0 Å². The number of rotatable bonds is 14. The number of hydrogen-bond acceptors (Lipinski definition) is 2. The van der Waals surface area contributed by atoms with Crippen LogP contribution in [0.3, 0.4) is 0 Å². The van der Waals surface area contributed by atoms with Gasteiger partial charge in [-0.15, -0.1) is 0 Å². The van der Waals surface area contributed by atoms with E-state index in [9.17, 15) is 4.79 Å². The predicted molar refractivity (Wildman–Crippen MR) is 77.6 cm³/mol. The van der Waals surface area contributed by atoms with Crippen LogP contribution in [0, 0.1) is 5.92 Å². The molecule has 0 aliphatic carbocycles. The van der Waals surface area contributed by atoms with Gasteiger partial charge in [-0.25, -0.2) is 0 Å². The molecule has 0 amide bonds. The molecule has 0 fully saturated rings. The van der Waals surface area contributed by atoms with Gasteiger partial charge in [0, 0.05) is 0 Å². The molecule has 2 nitrogen and oxygen atoms in total. The summed E-state index contributed by atoms with van der Waals surface area (Å²) in [5.41, 5.74) is 0. The SMILES string of the molecule is CCCCCCC(CCCCCC)CCOC=O. The first-order chi connectivity index (χ1) is 8.85. The molecule has 0 saturated heterocycles. The summed E-state index contributed by atoms with van der Waals surface area (Å²) < 4.78 is 4.84. The summed E-state index contributed by atoms with van der Waals surface area (Å²) in [5, 5.41) is 0. The van der Waals surface area contributed by atoms with Crippen molar-refractivity contribution in [2.75, 3.05) is 6.61 Å². The molecule has 0 N–H and O–H groups in total. The lowest BCUT2D eigenvalue weighted by molar-refractivity contribution is -0.129. The molecule has 0 heterocycles. The van der Waals surface area contributed by atoms with E-state index in [1.807, 2.05) is 0 Å². The molecule has 0 saturated carbocycles. The fraction of sp³-hybridized carbons (Fsp3) is 0.938. The average Bonchev–Trinajstić information content (AvgIpc) is 2.39. The van der Waals surface area contributed by atoms with Crippen LogP contribution >= 0.6 is 0 Å². The molecule has 0 aromatic rings. The van der Waals surface area contributed by atoms with Gasteiger partial charge in [-0.3, -0.25) is 4.79 Å². The third-order valence-corrected chi connectivity index (χ3v) is 3.64. The molecule has 0 aromatic carbocycles. The van der Waals surface area contributed by atoms with Gasteiger partial charge in [0.15, 0.2) is 0 Å². The fourth-order valence-corrected chi connectivity index (χ4v) is 2.44. The molecule has 0 aliphatic heterocycles. The zero-order valence-electron chi connectivity index (χ0n) is 12.5. The number of ether oxygens (including phenoxy) is 1. The Morgan fingerprint density at radius 1 is 0.833 bits per heavy atom. The van der Waals surface area contributed by atoms with Gasteiger partial charge in [0.1, 0.15) is 0 Å². The second-order valence-electron chi connectivity index (χ2n) is 5.32.